The summed E-state index contributed by atoms with van der Waals surface area (Å²) in [6.07, 6.45) is 0. The average Bonchev–Trinajstić information content (AvgIpc) is 2.49. The maximum atomic E-state index is 12.1. The van der Waals surface area contributed by atoms with Gasteiger partial charge in [-0.2, -0.15) is 0 Å². The SMILES string of the molecule is CC#CCOC(=O)C(C(=O)OCC#CC)c1ccccc1. The summed E-state index contributed by atoms with van der Waals surface area (Å²) >= 11 is 0. The summed E-state index contributed by atoms with van der Waals surface area (Å²) in [5.74, 6) is 7.96. The van der Waals surface area contributed by atoms with E-state index in [0.29, 0.717) is 5.56 Å². The lowest BCUT2D eigenvalue weighted by molar-refractivity contribution is -0.155. The number of hydrogen-bond donors (Lipinski definition) is 0. The van der Waals surface area contributed by atoms with E-state index in [-0.39, 0.29) is 13.2 Å². The number of benzene rings is 1. The Bertz CT molecular complexity index is 560. The molecule has 0 aliphatic carbocycles. The molecule has 4 nitrogen and oxygen atoms in total. The highest BCUT2D eigenvalue weighted by molar-refractivity contribution is 6.00. The first kappa shape index (κ1) is 16.3. The van der Waals surface area contributed by atoms with E-state index in [9.17, 15) is 9.59 Å². The summed E-state index contributed by atoms with van der Waals surface area (Å²) in [5, 5.41) is 0. The van der Waals surface area contributed by atoms with Crippen LogP contribution in [0.15, 0.2) is 30.3 Å². The quantitative estimate of drug-likeness (QED) is 0.471. The Morgan fingerprint density at radius 3 is 1.86 bits per heavy atom. The monoisotopic (exact) mass is 284 g/mol. The smallest absolute Gasteiger partial charge is 0.325 e. The molecule has 0 radical (unpaired) electrons. The summed E-state index contributed by atoms with van der Waals surface area (Å²) in [6.45, 7) is 3.17. The van der Waals surface area contributed by atoms with E-state index in [4.69, 9.17) is 9.47 Å². The lowest BCUT2D eigenvalue weighted by Crippen LogP contribution is -2.26. The lowest BCUT2D eigenvalue weighted by atomic mass is 9.99. The van der Waals surface area contributed by atoms with E-state index in [0.717, 1.165) is 0 Å². The van der Waals surface area contributed by atoms with Crippen molar-refractivity contribution in [2.24, 2.45) is 0 Å². The van der Waals surface area contributed by atoms with Gasteiger partial charge < -0.3 is 9.47 Å². The van der Waals surface area contributed by atoms with Crippen LogP contribution in [0.25, 0.3) is 0 Å². The molecule has 0 unspecified atom stereocenters. The molecule has 108 valence electrons. The molecule has 21 heavy (non-hydrogen) atoms. The van der Waals surface area contributed by atoms with Crippen molar-refractivity contribution in [3.63, 3.8) is 0 Å². The normalized spacial score (nSPS) is 8.90. The topological polar surface area (TPSA) is 52.6 Å². The molecule has 0 heterocycles. The fourth-order valence-electron chi connectivity index (χ4n) is 1.54. The first-order valence-electron chi connectivity index (χ1n) is 6.38. The first-order valence-corrected chi connectivity index (χ1v) is 6.38. The zero-order chi connectivity index (χ0) is 15.5. The molecular formula is C17H16O4. The predicted molar refractivity (Wildman–Crippen MR) is 78.0 cm³/mol. The Kier molecular flexibility index (Phi) is 7.18. The van der Waals surface area contributed by atoms with Crippen molar-refractivity contribution in [2.45, 2.75) is 19.8 Å². The molecule has 0 aromatic heterocycles. The highest BCUT2D eigenvalue weighted by Crippen LogP contribution is 2.19. The van der Waals surface area contributed by atoms with Crippen molar-refractivity contribution in [3.8, 4) is 23.7 Å². The van der Waals surface area contributed by atoms with Gasteiger partial charge in [0.15, 0.2) is 19.1 Å². The van der Waals surface area contributed by atoms with Gasteiger partial charge in [-0.25, -0.2) is 0 Å². The van der Waals surface area contributed by atoms with E-state index in [1.807, 2.05) is 0 Å². The maximum absolute atomic E-state index is 12.1. The third kappa shape index (κ3) is 5.42. The lowest BCUT2D eigenvalue weighted by Gasteiger charge is -2.14. The van der Waals surface area contributed by atoms with Crippen LogP contribution in [0.1, 0.15) is 25.3 Å². The third-order valence-corrected chi connectivity index (χ3v) is 2.53. The molecule has 0 bridgehead atoms. The van der Waals surface area contributed by atoms with Gasteiger partial charge in [-0.1, -0.05) is 42.2 Å². The van der Waals surface area contributed by atoms with Crippen LogP contribution in [-0.2, 0) is 19.1 Å². The highest BCUT2D eigenvalue weighted by Gasteiger charge is 2.31. The van der Waals surface area contributed by atoms with Crippen LogP contribution >= 0.6 is 0 Å². The molecular weight excluding hydrogens is 268 g/mol. The van der Waals surface area contributed by atoms with E-state index >= 15 is 0 Å². The molecule has 4 heteroatoms. The Morgan fingerprint density at radius 1 is 0.952 bits per heavy atom. The highest BCUT2D eigenvalue weighted by atomic mass is 16.6. The third-order valence-electron chi connectivity index (χ3n) is 2.53. The van der Waals surface area contributed by atoms with E-state index < -0.39 is 17.9 Å². The Labute approximate surface area is 124 Å². The molecule has 0 saturated heterocycles. The first-order chi connectivity index (χ1) is 10.2. The Hall–Kier alpha value is -2.72. The minimum Gasteiger partial charge on any atom is -0.452 e. The largest absolute Gasteiger partial charge is 0.452 e. The van der Waals surface area contributed by atoms with Gasteiger partial charge in [0.1, 0.15) is 0 Å². The minimum absolute atomic E-state index is 0.0548. The Balaban J connectivity index is 2.87. The number of esters is 2. The molecule has 0 amide bonds. The molecule has 0 atom stereocenters. The summed E-state index contributed by atoms with van der Waals surface area (Å²) in [5.41, 5.74) is 0.515. The van der Waals surface area contributed by atoms with Gasteiger partial charge in [-0.05, 0) is 19.4 Å². The molecule has 1 aromatic rings. The fraction of sp³-hybridized carbons (Fsp3) is 0.294. The average molecular weight is 284 g/mol. The van der Waals surface area contributed by atoms with Gasteiger partial charge in [0.2, 0.25) is 0 Å². The van der Waals surface area contributed by atoms with Crippen molar-refractivity contribution in [1.82, 2.24) is 0 Å². The Morgan fingerprint density at radius 2 is 1.43 bits per heavy atom. The van der Waals surface area contributed by atoms with Crippen molar-refractivity contribution in [2.75, 3.05) is 13.2 Å². The summed E-state index contributed by atoms with van der Waals surface area (Å²) in [4.78, 5) is 24.1. The van der Waals surface area contributed by atoms with E-state index in [2.05, 4.69) is 23.7 Å². The molecule has 0 aliphatic rings. The van der Waals surface area contributed by atoms with Crippen LogP contribution < -0.4 is 0 Å². The van der Waals surface area contributed by atoms with Crippen LogP contribution in [0.3, 0.4) is 0 Å². The van der Waals surface area contributed by atoms with Crippen LogP contribution in [0, 0.1) is 23.7 Å². The van der Waals surface area contributed by atoms with E-state index in [1.165, 1.54) is 0 Å². The summed E-state index contributed by atoms with van der Waals surface area (Å²) < 4.78 is 9.95. The van der Waals surface area contributed by atoms with Crippen molar-refractivity contribution in [3.05, 3.63) is 35.9 Å². The molecule has 0 aliphatic heterocycles. The van der Waals surface area contributed by atoms with Crippen molar-refractivity contribution in [1.29, 1.82) is 0 Å². The van der Waals surface area contributed by atoms with Gasteiger partial charge in [-0.15, -0.1) is 11.8 Å². The van der Waals surface area contributed by atoms with Gasteiger partial charge in [0.25, 0.3) is 0 Å². The maximum Gasteiger partial charge on any atom is 0.325 e. The number of carbonyl (C=O) groups is 2. The second kappa shape index (κ2) is 9.23. The second-order valence-corrected chi connectivity index (χ2v) is 3.91. The standard InChI is InChI=1S/C17H16O4/c1-3-5-12-20-16(18)15(14-10-8-7-9-11-14)17(19)21-13-6-4-2/h7-11,15H,12-13H2,1-2H3. The molecule has 0 fully saturated rings. The van der Waals surface area contributed by atoms with Gasteiger partial charge in [0.05, 0.1) is 0 Å². The molecule has 0 spiro atoms. The number of ether oxygens (including phenoxy) is 2. The van der Waals surface area contributed by atoms with Gasteiger partial charge in [0, 0.05) is 0 Å². The van der Waals surface area contributed by atoms with Crippen LogP contribution in [0.2, 0.25) is 0 Å². The second-order valence-electron chi connectivity index (χ2n) is 3.91. The summed E-state index contributed by atoms with van der Waals surface area (Å²) in [6, 6.07) is 8.61. The fourth-order valence-corrected chi connectivity index (χ4v) is 1.54. The van der Waals surface area contributed by atoms with Crippen LogP contribution in [0.5, 0.6) is 0 Å². The number of rotatable bonds is 5. The number of carbonyl (C=O) groups excluding carboxylic acids is 2. The summed E-state index contributed by atoms with van der Waals surface area (Å²) in [7, 11) is 0. The molecule has 1 aromatic carbocycles. The predicted octanol–water partition coefficient (Wildman–Crippen LogP) is 1.90. The van der Waals surface area contributed by atoms with Crippen molar-refractivity contribution >= 4 is 11.9 Å². The van der Waals surface area contributed by atoms with Crippen LogP contribution in [0.4, 0.5) is 0 Å². The minimum atomic E-state index is -1.12. The number of hydrogen-bond acceptors (Lipinski definition) is 4. The molecule has 0 saturated carbocycles. The van der Waals surface area contributed by atoms with Gasteiger partial charge in [-0.3, -0.25) is 9.59 Å². The molecule has 0 N–H and O–H groups in total. The molecule has 1 rings (SSSR count). The van der Waals surface area contributed by atoms with Crippen LogP contribution in [-0.4, -0.2) is 25.2 Å². The zero-order valence-corrected chi connectivity index (χ0v) is 12.0. The zero-order valence-electron chi connectivity index (χ0n) is 12.0. The van der Waals surface area contributed by atoms with E-state index in [1.54, 1.807) is 44.2 Å². The van der Waals surface area contributed by atoms with Crippen molar-refractivity contribution < 1.29 is 19.1 Å². The van der Waals surface area contributed by atoms with Gasteiger partial charge >= 0.3 is 11.9 Å².